The molecule has 0 spiro atoms. The van der Waals surface area contributed by atoms with Crippen molar-refractivity contribution in [2.75, 3.05) is 6.61 Å². The molecule has 0 aliphatic rings. The molecule has 0 bridgehead atoms. The molecule has 0 aliphatic heterocycles. The van der Waals surface area contributed by atoms with Gasteiger partial charge in [-0.05, 0) is 36.8 Å². The van der Waals surface area contributed by atoms with E-state index in [1.54, 1.807) is 13.0 Å². The molecular formula is C15H15F3N4O3. The molecule has 7 nitrogen and oxygen atoms in total. The topological polar surface area (TPSA) is 88.7 Å². The Kier molecular flexibility index (Phi) is 5.63. The molecule has 2 N–H and O–H groups in total. The van der Waals surface area contributed by atoms with Gasteiger partial charge in [0.2, 0.25) is 0 Å². The fourth-order valence-electron chi connectivity index (χ4n) is 1.84. The Balaban J connectivity index is 1.92. The van der Waals surface area contributed by atoms with Crippen LogP contribution in [0.5, 0.6) is 11.5 Å². The SMILES string of the molecule is CCOc1cc(/C=N/NC(=O)Cn2ccc(C(F)(F)F)n2)ccc1O. The zero-order chi connectivity index (χ0) is 18.4. The average molecular weight is 356 g/mol. The summed E-state index contributed by atoms with van der Waals surface area (Å²) in [6.07, 6.45) is -2.19. The van der Waals surface area contributed by atoms with E-state index in [9.17, 15) is 23.1 Å². The van der Waals surface area contributed by atoms with Crippen LogP contribution in [0.3, 0.4) is 0 Å². The number of alkyl halides is 3. The van der Waals surface area contributed by atoms with Gasteiger partial charge in [0.15, 0.2) is 17.2 Å². The van der Waals surface area contributed by atoms with E-state index >= 15 is 0 Å². The molecule has 1 aromatic carbocycles. The van der Waals surface area contributed by atoms with E-state index in [4.69, 9.17) is 4.74 Å². The van der Waals surface area contributed by atoms with Crippen LogP contribution in [-0.4, -0.2) is 33.6 Å². The second-order valence-electron chi connectivity index (χ2n) is 4.85. The van der Waals surface area contributed by atoms with Crippen molar-refractivity contribution >= 4 is 12.1 Å². The van der Waals surface area contributed by atoms with Gasteiger partial charge in [0, 0.05) is 6.20 Å². The zero-order valence-electron chi connectivity index (χ0n) is 13.1. The van der Waals surface area contributed by atoms with Crippen molar-refractivity contribution in [3.05, 3.63) is 41.7 Å². The van der Waals surface area contributed by atoms with E-state index in [0.29, 0.717) is 12.2 Å². The Morgan fingerprint density at radius 2 is 2.20 bits per heavy atom. The lowest BCUT2D eigenvalue weighted by molar-refractivity contribution is -0.141. The molecule has 0 radical (unpaired) electrons. The third-order valence-electron chi connectivity index (χ3n) is 2.92. The maximum Gasteiger partial charge on any atom is 0.435 e. The largest absolute Gasteiger partial charge is 0.504 e. The van der Waals surface area contributed by atoms with Gasteiger partial charge in [-0.1, -0.05) is 0 Å². The Morgan fingerprint density at radius 3 is 2.84 bits per heavy atom. The van der Waals surface area contributed by atoms with E-state index in [2.05, 4.69) is 15.6 Å². The fraction of sp³-hybridized carbons (Fsp3) is 0.267. The van der Waals surface area contributed by atoms with Gasteiger partial charge < -0.3 is 9.84 Å². The number of hydrogen-bond acceptors (Lipinski definition) is 5. The predicted octanol–water partition coefficient (Wildman–Crippen LogP) is 2.16. The molecular weight excluding hydrogens is 341 g/mol. The summed E-state index contributed by atoms with van der Waals surface area (Å²) in [5.41, 5.74) is 1.66. The van der Waals surface area contributed by atoms with Crippen LogP contribution < -0.4 is 10.2 Å². The number of aromatic hydroxyl groups is 1. The molecule has 10 heteroatoms. The Morgan fingerprint density at radius 1 is 1.44 bits per heavy atom. The fourth-order valence-corrected chi connectivity index (χ4v) is 1.84. The number of hydrazone groups is 1. The minimum atomic E-state index is -4.56. The molecule has 0 atom stereocenters. The molecule has 1 aromatic heterocycles. The summed E-state index contributed by atoms with van der Waals surface area (Å²) in [6, 6.07) is 5.27. The van der Waals surface area contributed by atoms with Crippen molar-refractivity contribution in [3.8, 4) is 11.5 Å². The van der Waals surface area contributed by atoms with Gasteiger partial charge in [-0.3, -0.25) is 9.48 Å². The van der Waals surface area contributed by atoms with Crippen LogP contribution in [0.4, 0.5) is 13.2 Å². The standard InChI is InChI=1S/C15H15F3N4O3/c1-2-25-12-7-10(3-4-11(12)23)8-19-20-14(24)9-22-6-5-13(21-22)15(16,17)18/h3-8,23H,2,9H2,1H3,(H,20,24)/b19-8+. The van der Waals surface area contributed by atoms with Crippen molar-refractivity contribution in [3.63, 3.8) is 0 Å². The summed E-state index contributed by atoms with van der Waals surface area (Å²) in [6.45, 7) is 1.72. The summed E-state index contributed by atoms with van der Waals surface area (Å²) in [7, 11) is 0. The van der Waals surface area contributed by atoms with Gasteiger partial charge in [0.1, 0.15) is 6.54 Å². The summed E-state index contributed by atoms with van der Waals surface area (Å²) in [5.74, 6) is -0.395. The van der Waals surface area contributed by atoms with Crippen molar-refractivity contribution in [2.24, 2.45) is 5.10 Å². The van der Waals surface area contributed by atoms with Crippen molar-refractivity contribution in [1.29, 1.82) is 0 Å². The number of ether oxygens (including phenoxy) is 1. The first kappa shape index (κ1) is 18.3. The number of halogens is 3. The number of benzene rings is 1. The molecule has 0 saturated heterocycles. The van der Waals surface area contributed by atoms with Crippen LogP contribution in [0.1, 0.15) is 18.2 Å². The monoisotopic (exact) mass is 356 g/mol. The number of carbonyl (C=O) groups is 1. The molecule has 134 valence electrons. The summed E-state index contributed by atoms with van der Waals surface area (Å²) in [4.78, 5) is 11.7. The number of rotatable bonds is 6. The first-order chi connectivity index (χ1) is 11.8. The second-order valence-corrected chi connectivity index (χ2v) is 4.85. The quantitative estimate of drug-likeness (QED) is 0.613. The van der Waals surface area contributed by atoms with E-state index in [-0.39, 0.29) is 11.5 Å². The lowest BCUT2D eigenvalue weighted by Gasteiger charge is -2.06. The predicted molar refractivity (Wildman–Crippen MR) is 82.2 cm³/mol. The highest BCUT2D eigenvalue weighted by molar-refractivity contribution is 5.83. The van der Waals surface area contributed by atoms with Gasteiger partial charge in [-0.2, -0.15) is 23.4 Å². The third-order valence-corrected chi connectivity index (χ3v) is 2.92. The average Bonchev–Trinajstić information content (AvgIpc) is 2.99. The summed E-state index contributed by atoms with van der Waals surface area (Å²) in [5, 5.41) is 16.5. The normalized spacial score (nSPS) is 11.7. The second kappa shape index (κ2) is 7.69. The smallest absolute Gasteiger partial charge is 0.435 e. The summed E-state index contributed by atoms with van der Waals surface area (Å²) < 4.78 is 43.3. The molecule has 0 aliphatic carbocycles. The van der Waals surface area contributed by atoms with Gasteiger partial charge >= 0.3 is 6.18 Å². The molecule has 2 rings (SSSR count). The van der Waals surface area contributed by atoms with Crippen LogP contribution in [-0.2, 0) is 17.5 Å². The number of phenolic OH excluding ortho intramolecular Hbond substituents is 1. The number of amides is 1. The zero-order valence-corrected chi connectivity index (χ0v) is 13.1. The number of nitrogens with zero attached hydrogens (tertiary/aromatic N) is 3. The Labute approximate surface area is 140 Å². The Hall–Kier alpha value is -3.04. The van der Waals surface area contributed by atoms with Crippen molar-refractivity contribution in [2.45, 2.75) is 19.6 Å². The first-order valence-corrected chi connectivity index (χ1v) is 7.18. The number of hydrogen-bond donors (Lipinski definition) is 2. The van der Waals surface area contributed by atoms with Gasteiger partial charge in [0.05, 0.1) is 12.8 Å². The van der Waals surface area contributed by atoms with Crippen LogP contribution in [0.25, 0.3) is 0 Å². The maximum atomic E-state index is 12.4. The van der Waals surface area contributed by atoms with E-state index in [1.165, 1.54) is 18.3 Å². The highest BCUT2D eigenvalue weighted by Crippen LogP contribution is 2.27. The number of aromatic nitrogens is 2. The molecule has 1 heterocycles. The summed E-state index contributed by atoms with van der Waals surface area (Å²) >= 11 is 0. The highest BCUT2D eigenvalue weighted by atomic mass is 19.4. The van der Waals surface area contributed by atoms with Gasteiger partial charge in [0.25, 0.3) is 5.91 Å². The Bertz CT molecular complexity index is 772. The minimum Gasteiger partial charge on any atom is -0.504 e. The molecule has 0 fully saturated rings. The molecule has 25 heavy (non-hydrogen) atoms. The van der Waals surface area contributed by atoms with Gasteiger partial charge in [-0.25, -0.2) is 5.43 Å². The maximum absolute atomic E-state index is 12.4. The number of nitrogens with one attached hydrogen (secondary N) is 1. The molecule has 0 unspecified atom stereocenters. The van der Waals surface area contributed by atoms with Crippen molar-refractivity contribution < 1.29 is 27.8 Å². The lowest BCUT2D eigenvalue weighted by atomic mass is 10.2. The van der Waals surface area contributed by atoms with E-state index < -0.39 is 24.3 Å². The molecule has 2 aromatic rings. The lowest BCUT2D eigenvalue weighted by Crippen LogP contribution is -2.23. The van der Waals surface area contributed by atoms with Gasteiger partial charge in [-0.15, -0.1) is 0 Å². The number of carbonyl (C=O) groups excluding carboxylic acids is 1. The highest BCUT2D eigenvalue weighted by Gasteiger charge is 2.33. The van der Waals surface area contributed by atoms with E-state index in [0.717, 1.165) is 16.9 Å². The van der Waals surface area contributed by atoms with Crippen LogP contribution >= 0.6 is 0 Å². The van der Waals surface area contributed by atoms with Crippen molar-refractivity contribution in [1.82, 2.24) is 15.2 Å². The van der Waals surface area contributed by atoms with Crippen LogP contribution in [0.15, 0.2) is 35.6 Å². The van der Waals surface area contributed by atoms with E-state index in [1.807, 2.05) is 0 Å². The first-order valence-electron chi connectivity index (χ1n) is 7.18. The van der Waals surface area contributed by atoms with Crippen LogP contribution in [0, 0.1) is 0 Å². The minimum absolute atomic E-state index is 0.0258. The van der Waals surface area contributed by atoms with Crippen LogP contribution in [0.2, 0.25) is 0 Å². The number of phenols is 1. The third kappa shape index (κ3) is 5.23. The molecule has 0 saturated carbocycles. The molecule has 1 amide bonds.